The third-order valence-electron chi connectivity index (χ3n) is 3.32. The van der Waals surface area contributed by atoms with E-state index in [1.54, 1.807) is 14.0 Å². The van der Waals surface area contributed by atoms with E-state index in [0.29, 0.717) is 13.0 Å². The molecular weight excluding hydrogens is 285 g/mol. The molecule has 1 aliphatic rings. The highest BCUT2D eigenvalue weighted by molar-refractivity contribution is 6.02. The van der Waals surface area contributed by atoms with Crippen molar-refractivity contribution in [2.24, 2.45) is 10.9 Å². The SMILES string of the molecule is CC/C=C(/OCC1CNCC(OC)C1)C(=NC)C(F)(F)F. The molecular formula is C14H23F3N2O2. The van der Waals surface area contributed by atoms with Crippen LogP contribution in [0.3, 0.4) is 0 Å². The summed E-state index contributed by atoms with van der Waals surface area (Å²) in [6.45, 7) is 3.45. The molecule has 1 saturated heterocycles. The minimum Gasteiger partial charge on any atom is -0.491 e. The summed E-state index contributed by atoms with van der Waals surface area (Å²) in [5.41, 5.74) is -0.962. The van der Waals surface area contributed by atoms with Crippen molar-refractivity contribution < 1.29 is 22.6 Å². The summed E-state index contributed by atoms with van der Waals surface area (Å²) >= 11 is 0. The number of nitrogens with one attached hydrogen (secondary N) is 1. The van der Waals surface area contributed by atoms with Gasteiger partial charge in [0.1, 0.15) is 5.76 Å². The standard InChI is InChI=1S/C14H23F3N2O2/c1-4-5-12(13(18-2)14(15,16)17)21-9-10-6-11(20-3)8-19-7-10/h5,10-11,19H,4,6-9H2,1-3H3/b12-5+,18-13?. The van der Waals surface area contributed by atoms with Crippen molar-refractivity contribution in [2.45, 2.75) is 32.0 Å². The van der Waals surface area contributed by atoms with Gasteiger partial charge in [-0.1, -0.05) is 6.92 Å². The lowest BCUT2D eigenvalue weighted by molar-refractivity contribution is -0.0613. The molecule has 4 nitrogen and oxygen atoms in total. The Hall–Kier alpha value is -1.08. The number of piperidine rings is 1. The van der Waals surface area contributed by atoms with Crippen molar-refractivity contribution in [1.82, 2.24) is 5.32 Å². The summed E-state index contributed by atoms with van der Waals surface area (Å²) < 4.78 is 49.3. The Morgan fingerprint density at radius 3 is 2.62 bits per heavy atom. The van der Waals surface area contributed by atoms with E-state index in [1.165, 1.54) is 6.08 Å². The third kappa shape index (κ3) is 5.67. The highest BCUT2D eigenvalue weighted by Gasteiger charge is 2.39. The number of allylic oxidation sites excluding steroid dienone is 2. The molecule has 1 aliphatic heterocycles. The zero-order chi connectivity index (χ0) is 15.9. The van der Waals surface area contributed by atoms with Crippen LogP contribution in [0.1, 0.15) is 19.8 Å². The fourth-order valence-electron chi connectivity index (χ4n) is 2.29. The Kier molecular flexibility index (Phi) is 7.17. The number of methoxy groups -OCH3 is 1. The number of hydrogen-bond acceptors (Lipinski definition) is 4. The molecule has 21 heavy (non-hydrogen) atoms. The van der Waals surface area contributed by atoms with Gasteiger partial charge in [-0.05, 0) is 18.9 Å². The average molecular weight is 308 g/mol. The van der Waals surface area contributed by atoms with Crippen LogP contribution in [0.25, 0.3) is 0 Å². The molecule has 1 rings (SSSR count). The predicted octanol–water partition coefficient (Wildman–Crippen LogP) is 2.55. The van der Waals surface area contributed by atoms with E-state index in [0.717, 1.165) is 20.0 Å². The molecule has 122 valence electrons. The number of rotatable bonds is 6. The van der Waals surface area contributed by atoms with Crippen molar-refractivity contribution >= 4 is 5.71 Å². The average Bonchev–Trinajstić information content (AvgIpc) is 2.44. The van der Waals surface area contributed by atoms with Gasteiger partial charge in [-0.2, -0.15) is 13.2 Å². The first kappa shape index (κ1) is 18.0. The van der Waals surface area contributed by atoms with Crippen LogP contribution in [0, 0.1) is 5.92 Å². The summed E-state index contributed by atoms with van der Waals surface area (Å²) in [7, 11) is 2.75. The van der Waals surface area contributed by atoms with E-state index in [2.05, 4.69) is 10.3 Å². The molecule has 0 aliphatic carbocycles. The van der Waals surface area contributed by atoms with E-state index < -0.39 is 11.9 Å². The van der Waals surface area contributed by atoms with Crippen molar-refractivity contribution in [2.75, 3.05) is 33.9 Å². The summed E-state index contributed by atoms with van der Waals surface area (Å²) in [5.74, 6) is -0.0673. The van der Waals surface area contributed by atoms with Crippen LogP contribution in [0.15, 0.2) is 16.8 Å². The number of hydrogen-bond donors (Lipinski definition) is 1. The van der Waals surface area contributed by atoms with Crippen molar-refractivity contribution in [3.05, 3.63) is 11.8 Å². The van der Waals surface area contributed by atoms with Crippen LogP contribution in [0.4, 0.5) is 13.2 Å². The third-order valence-corrected chi connectivity index (χ3v) is 3.32. The van der Waals surface area contributed by atoms with Gasteiger partial charge < -0.3 is 14.8 Å². The fraction of sp³-hybridized carbons (Fsp3) is 0.786. The number of nitrogens with zero attached hydrogens (tertiary/aromatic N) is 1. The van der Waals surface area contributed by atoms with Crippen LogP contribution in [-0.4, -0.2) is 51.8 Å². The first-order valence-corrected chi connectivity index (χ1v) is 7.03. The van der Waals surface area contributed by atoms with Gasteiger partial charge in [-0.15, -0.1) is 0 Å². The molecule has 0 saturated carbocycles. The lowest BCUT2D eigenvalue weighted by Gasteiger charge is -2.29. The normalized spacial score (nSPS) is 25.0. The Labute approximate surface area is 123 Å². The predicted molar refractivity (Wildman–Crippen MR) is 75.5 cm³/mol. The molecule has 7 heteroatoms. The number of aliphatic imine (C=N–C) groups is 1. The summed E-state index contributed by atoms with van der Waals surface area (Å²) in [6, 6.07) is 0. The van der Waals surface area contributed by atoms with Gasteiger partial charge in [0, 0.05) is 33.2 Å². The highest BCUT2D eigenvalue weighted by Crippen LogP contribution is 2.24. The van der Waals surface area contributed by atoms with Crippen LogP contribution in [-0.2, 0) is 9.47 Å². The van der Waals surface area contributed by atoms with Gasteiger partial charge in [-0.25, -0.2) is 0 Å². The smallest absolute Gasteiger partial charge is 0.436 e. The minimum absolute atomic E-state index is 0.0767. The first-order chi connectivity index (χ1) is 9.92. The molecule has 0 spiro atoms. The summed E-state index contributed by atoms with van der Waals surface area (Å²) in [6.07, 6.45) is -1.79. The molecule has 0 aromatic heterocycles. The zero-order valence-corrected chi connectivity index (χ0v) is 12.7. The minimum atomic E-state index is -4.50. The Morgan fingerprint density at radius 1 is 1.38 bits per heavy atom. The lowest BCUT2D eigenvalue weighted by atomic mass is 9.98. The number of halogens is 3. The van der Waals surface area contributed by atoms with Crippen LogP contribution in [0.2, 0.25) is 0 Å². The van der Waals surface area contributed by atoms with Gasteiger partial charge in [0.15, 0.2) is 5.71 Å². The van der Waals surface area contributed by atoms with Crippen molar-refractivity contribution in [3.8, 4) is 0 Å². The van der Waals surface area contributed by atoms with Gasteiger partial charge in [-0.3, -0.25) is 4.99 Å². The van der Waals surface area contributed by atoms with Gasteiger partial charge in [0.25, 0.3) is 0 Å². The quantitative estimate of drug-likeness (QED) is 0.606. The Morgan fingerprint density at radius 2 is 2.10 bits per heavy atom. The summed E-state index contributed by atoms with van der Waals surface area (Å²) in [5, 5.41) is 3.19. The van der Waals surface area contributed by atoms with Gasteiger partial charge in [0.05, 0.1) is 12.7 Å². The highest BCUT2D eigenvalue weighted by atomic mass is 19.4. The van der Waals surface area contributed by atoms with Crippen LogP contribution in [0.5, 0.6) is 0 Å². The fourth-order valence-corrected chi connectivity index (χ4v) is 2.29. The largest absolute Gasteiger partial charge is 0.491 e. The molecule has 1 N–H and O–H groups in total. The monoisotopic (exact) mass is 308 g/mol. The van der Waals surface area contributed by atoms with E-state index in [9.17, 15) is 13.2 Å². The van der Waals surface area contributed by atoms with E-state index in [1.807, 2.05) is 0 Å². The van der Waals surface area contributed by atoms with Crippen LogP contribution < -0.4 is 5.32 Å². The second kappa shape index (κ2) is 8.38. The molecule has 0 amide bonds. The van der Waals surface area contributed by atoms with Crippen molar-refractivity contribution in [3.63, 3.8) is 0 Å². The molecule has 0 bridgehead atoms. The van der Waals surface area contributed by atoms with Gasteiger partial charge >= 0.3 is 6.18 Å². The van der Waals surface area contributed by atoms with Crippen molar-refractivity contribution in [1.29, 1.82) is 0 Å². The number of ether oxygens (including phenoxy) is 2. The molecule has 0 aromatic rings. The summed E-state index contributed by atoms with van der Waals surface area (Å²) in [4.78, 5) is 3.33. The maximum Gasteiger partial charge on any atom is 0.436 e. The maximum atomic E-state index is 12.9. The second-order valence-corrected chi connectivity index (χ2v) is 4.98. The van der Waals surface area contributed by atoms with Crippen LogP contribution >= 0.6 is 0 Å². The lowest BCUT2D eigenvalue weighted by Crippen LogP contribution is -2.42. The molecule has 2 unspecified atom stereocenters. The Bertz CT molecular complexity index is 381. The first-order valence-electron chi connectivity index (χ1n) is 7.03. The molecule has 0 radical (unpaired) electrons. The van der Waals surface area contributed by atoms with E-state index in [4.69, 9.17) is 9.47 Å². The molecule has 0 aromatic carbocycles. The second-order valence-electron chi connectivity index (χ2n) is 4.98. The Balaban J connectivity index is 2.66. The van der Waals surface area contributed by atoms with E-state index in [-0.39, 0.29) is 24.4 Å². The van der Waals surface area contributed by atoms with Gasteiger partial charge in [0.2, 0.25) is 0 Å². The maximum absolute atomic E-state index is 12.9. The molecule has 1 fully saturated rings. The molecule has 2 atom stereocenters. The topological polar surface area (TPSA) is 42.8 Å². The number of alkyl halides is 3. The molecule has 1 heterocycles. The van der Waals surface area contributed by atoms with E-state index >= 15 is 0 Å². The zero-order valence-electron chi connectivity index (χ0n) is 12.7.